The van der Waals surface area contributed by atoms with Crippen LogP contribution in [-0.4, -0.2) is 46.5 Å². The third-order valence-corrected chi connectivity index (χ3v) is 7.56. The van der Waals surface area contributed by atoms with Gasteiger partial charge in [-0.2, -0.15) is 0 Å². The smallest absolute Gasteiger partial charge is 0.229 e. The van der Waals surface area contributed by atoms with E-state index in [1.807, 2.05) is 23.1 Å². The first-order valence-corrected chi connectivity index (χ1v) is 11.3. The first-order valence-electron chi connectivity index (χ1n) is 10.5. The number of rotatable bonds is 6. The summed E-state index contributed by atoms with van der Waals surface area (Å²) in [4.78, 5) is 29.3. The van der Waals surface area contributed by atoms with E-state index < -0.39 is 0 Å². The molecule has 2 amide bonds. The lowest BCUT2D eigenvalue weighted by Gasteiger charge is -2.27. The highest BCUT2D eigenvalue weighted by Gasteiger charge is 2.43. The molecule has 2 aliphatic heterocycles. The maximum absolute atomic E-state index is 13.1. The Morgan fingerprint density at radius 3 is 2.66 bits per heavy atom. The summed E-state index contributed by atoms with van der Waals surface area (Å²) in [6.45, 7) is 6.47. The number of likely N-dealkylation sites (tertiary alicyclic amines) is 1. The maximum atomic E-state index is 13.1. The number of aromatic nitrogens is 2. The SMILES string of the molecule is CCC1(CC)CCN(C(=O)C2CC(=O)N(c3nnc(Cc4ccccc4)s3)C2)C1. The van der Waals surface area contributed by atoms with Crippen molar-refractivity contribution in [1.82, 2.24) is 15.1 Å². The zero-order chi connectivity index (χ0) is 20.4. The van der Waals surface area contributed by atoms with Crippen LogP contribution in [0, 0.1) is 11.3 Å². The van der Waals surface area contributed by atoms with Gasteiger partial charge in [-0.3, -0.25) is 14.5 Å². The van der Waals surface area contributed by atoms with Gasteiger partial charge in [0.2, 0.25) is 16.9 Å². The Kier molecular flexibility index (Phi) is 5.67. The molecule has 2 aliphatic rings. The van der Waals surface area contributed by atoms with Gasteiger partial charge >= 0.3 is 0 Å². The van der Waals surface area contributed by atoms with Gasteiger partial charge in [0.15, 0.2) is 0 Å². The predicted octanol–water partition coefficient (Wildman–Crippen LogP) is 3.52. The summed E-state index contributed by atoms with van der Waals surface area (Å²) in [6.07, 6.45) is 4.23. The van der Waals surface area contributed by atoms with Gasteiger partial charge in [-0.15, -0.1) is 10.2 Å². The van der Waals surface area contributed by atoms with E-state index in [9.17, 15) is 9.59 Å². The van der Waals surface area contributed by atoms with Crippen molar-refractivity contribution in [2.45, 2.75) is 46.0 Å². The van der Waals surface area contributed by atoms with Gasteiger partial charge in [-0.1, -0.05) is 55.5 Å². The predicted molar refractivity (Wildman–Crippen MR) is 114 cm³/mol. The third kappa shape index (κ3) is 4.06. The Morgan fingerprint density at radius 1 is 1.21 bits per heavy atom. The molecule has 1 unspecified atom stereocenters. The van der Waals surface area contributed by atoms with Gasteiger partial charge in [0.25, 0.3) is 0 Å². The molecule has 0 saturated carbocycles. The highest BCUT2D eigenvalue weighted by molar-refractivity contribution is 7.15. The molecule has 1 atom stereocenters. The van der Waals surface area contributed by atoms with Gasteiger partial charge in [0, 0.05) is 32.5 Å². The minimum Gasteiger partial charge on any atom is -0.342 e. The van der Waals surface area contributed by atoms with Crippen molar-refractivity contribution in [3.05, 3.63) is 40.9 Å². The van der Waals surface area contributed by atoms with E-state index in [2.05, 4.69) is 36.2 Å². The lowest BCUT2D eigenvalue weighted by Crippen LogP contribution is -2.37. The van der Waals surface area contributed by atoms with E-state index in [0.717, 1.165) is 37.4 Å². The van der Waals surface area contributed by atoms with E-state index in [-0.39, 0.29) is 29.6 Å². The maximum Gasteiger partial charge on any atom is 0.229 e. The van der Waals surface area contributed by atoms with Gasteiger partial charge in [0.05, 0.1) is 5.92 Å². The molecule has 1 aromatic heterocycles. The summed E-state index contributed by atoms with van der Waals surface area (Å²) >= 11 is 1.44. The van der Waals surface area contributed by atoms with Crippen molar-refractivity contribution in [3.63, 3.8) is 0 Å². The average Bonchev–Trinajstić information content (AvgIpc) is 3.47. The van der Waals surface area contributed by atoms with Crippen molar-refractivity contribution in [2.24, 2.45) is 11.3 Å². The summed E-state index contributed by atoms with van der Waals surface area (Å²) in [6, 6.07) is 10.1. The van der Waals surface area contributed by atoms with Crippen LogP contribution in [0.1, 0.15) is 50.1 Å². The first-order chi connectivity index (χ1) is 14.0. The Hall–Kier alpha value is -2.28. The van der Waals surface area contributed by atoms with E-state index >= 15 is 0 Å². The van der Waals surface area contributed by atoms with E-state index in [4.69, 9.17) is 0 Å². The summed E-state index contributed by atoms with van der Waals surface area (Å²) in [5.74, 6) is -0.172. The molecule has 7 heteroatoms. The van der Waals surface area contributed by atoms with E-state index in [1.165, 1.54) is 16.9 Å². The van der Waals surface area contributed by atoms with E-state index in [0.29, 0.717) is 18.1 Å². The second kappa shape index (κ2) is 8.22. The Bertz CT molecular complexity index is 878. The highest BCUT2D eigenvalue weighted by Crippen LogP contribution is 2.38. The molecule has 1 aromatic carbocycles. The summed E-state index contributed by atoms with van der Waals surface area (Å²) in [5, 5.41) is 9.98. The molecule has 29 heavy (non-hydrogen) atoms. The fraction of sp³-hybridized carbons (Fsp3) is 0.545. The van der Waals surface area contributed by atoms with Crippen molar-refractivity contribution in [2.75, 3.05) is 24.5 Å². The molecule has 2 fully saturated rings. The number of carbonyl (C=O) groups is 2. The largest absolute Gasteiger partial charge is 0.342 e. The zero-order valence-corrected chi connectivity index (χ0v) is 18.0. The lowest BCUT2D eigenvalue weighted by molar-refractivity contribution is -0.135. The van der Waals surface area contributed by atoms with Crippen LogP contribution in [0.15, 0.2) is 30.3 Å². The number of anilines is 1. The summed E-state index contributed by atoms with van der Waals surface area (Å²) in [7, 11) is 0. The van der Waals surface area contributed by atoms with Crippen molar-refractivity contribution < 1.29 is 9.59 Å². The van der Waals surface area contributed by atoms with Crippen molar-refractivity contribution in [1.29, 1.82) is 0 Å². The molecule has 0 radical (unpaired) electrons. The Morgan fingerprint density at radius 2 is 1.97 bits per heavy atom. The number of carbonyl (C=O) groups excluding carboxylic acids is 2. The van der Waals surface area contributed by atoms with Gasteiger partial charge in [0.1, 0.15) is 5.01 Å². The summed E-state index contributed by atoms with van der Waals surface area (Å²) in [5.41, 5.74) is 1.42. The molecule has 6 nitrogen and oxygen atoms in total. The molecular formula is C22H28N4O2S. The lowest BCUT2D eigenvalue weighted by atomic mass is 9.82. The van der Waals surface area contributed by atoms with Crippen LogP contribution in [0.4, 0.5) is 5.13 Å². The summed E-state index contributed by atoms with van der Waals surface area (Å²) < 4.78 is 0. The highest BCUT2D eigenvalue weighted by atomic mass is 32.1. The molecule has 3 heterocycles. The second-order valence-electron chi connectivity index (χ2n) is 8.26. The van der Waals surface area contributed by atoms with Crippen LogP contribution in [0.5, 0.6) is 0 Å². The molecule has 0 aliphatic carbocycles. The molecule has 2 saturated heterocycles. The van der Waals surface area contributed by atoms with Crippen LogP contribution in [0.25, 0.3) is 0 Å². The van der Waals surface area contributed by atoms with Crippen molar-refractivity contribution >= 4 is 28.3 Å². The van der Waals surface area contributed by atoms with Gasteiger partial charge in [-0.25, -0.2) is 0 Å². The quantitative estimate of drug-likeness (QED) is 0.728. The molecule has 4 rings (SSSR count). The Balaban J connectivity index is 1.40. The fourth-order valence-corrected chi connectivity index (χ4v) is 5.36. The molecule has 154 valence electrons. The fourth-order valence-electron chi connectivity index (χ4n) is 4.46. The number of benzene rings is 1. The van der Waals surface area contributed by atoms with Crippen molar-refractivity contribution in [3.8, 4) is 0 Å². The monoisotopic (exact) mass is 412 g/mol. The number of hydrogen-bond donors (Lipinski definition) is 0. The minimum absolute atomic E-state index is 0.0257. The van der Waals surface area contributed by atoms with Gasteiger partial charge < -0.3 is 4.90 Å². The average molecular weight is 413 g/mol. The second-order valence-corrected chi connectivity index (χ2v) is 9.30. The Labute approximate surface area is 175 Å². The molecular weight excluding hydrogens is 384 g/mol. The van der Waals surface area contributed by atoms with Crippen LogP contribution in [0.3, 0.4) is 0 Å². The number of amides is 2. The normalized spacial score (nSPS) is 21.2. The molecule has 0 spiro atoms. The minimum atomic E-state index is -0.270. The zero-order valence-electron chi connectivity index (χ0n) is 17.1. The first kappa shape index (κ1) is 20.0. The number of hydrogen-bond acceptors (Lipinski definition) is 5. The van der Waals surface area contributed by atoms with Crippen LogP contribution < -0.4 is 4.90 Å². The molecule has 2 aromatic rings. The van der Waals surface area contributed by atoms with Crippen LogP contribution in [-0.2, 0) is 16.0 Å². The molecule has 0 N–H and O–H groups in total. The number of nitrogens with zero attached hydrogens (tertiary/aromatic N) is 4. The van der Waals surface area contributed by atoms with Crippen LogP contribution in [0.2, 0.25) is 0 Å². The van der Waals surface area contributed by atoms with E-state index in [1.54, 1.807) is 4.90 Å². The van der Waals surface area contributed by atoms with Gasteiger partial charge in [-0.05, 0) is 30.2 Å². The molecule has 0 bridgehead atoms. The topological polar surface area (TPSA) is 66.4 Å². The standard InChI is InChI=1S/C22H28N4O2S/c1-3-22(4-2)10-11-25(15-22)20(28)17-13-19(27)26(14-17)21-24-23-18(29-21)12-16-8-6-5-7-9-16/h5-9,17H,3-4,10-15H2,1-2H3. The van der Waals surface area contributed by atoms with Crippen LogP contribution >= 0.6 is 11.3 Å². The third-order valence-electron chi connectivity index (χ3n) is 6.61.